The molecule has 0 unspecified atom stereocenters. The van der Waals surface area contributed by atoms with Crippen LogP contribution in [-0.2, 0) is 9.59 Å². The van der Waals surface area contributed by atoms with E-state index >= 15 is 0 Å². The smallest absolute Gasteiger partial charge is 0.306 e. The normalized spacial score (nSPS) is 28.1. The second-order valence-corrected chi connectivity index (χ2v) is 6.30. The molecule has 2 aliphatic rings. The van der Waals surface area contributed by atoms with Crippen molar-refractivity contribution in [1.82, 2.24) is 4.90 Å². The summed E-state index contributed by atoms with van der Waals surface area (Å²) in [6.45, 7) is 2.86. The van der Waals surface area contributed by atoms with E-state index in [2.05, 4.69) is 11.8 Å². The number of carbonyl (C=O) groups excluding carboxylic acids is 1. The highest BCUT2D eigenvalue weighted by Gasteiger charge is 2.34. The van der Waals surface area contributed by atoms with E-state index in [1.54, 1.807) is 0 Å². The molecule has 1 amide bonds. The minimum Gasteiger partial charge on any atom is -0.481 e. The first kappa shape index (κ1) is 15.3. The number of hydrogen-bond donors (Lipinski definition) is 1. The van der Waals surface area contributed by atoms with Gasteiger partial charge >= 0.3 is 5.97 Å². The highest BCUT2D eigenvalue weighted by atomic mass is 16.4. The molecule has 0 atom stereocenters. The molecule has 0 radical (unpaired) electrons. The van der Waals surface area contributed by atoms with Gasteiger partial charge in [0.2, 0.25) is 5.91 Å². The Morgan fingerprint density at radius 3 is 2.00 bits per heavy atom. The van der Waals surface area contributed by atoms with Crippen molar-refractivity contribution in [3.05, 3.63) is 0 Å². The third-order valence-corrected chi connectivity index (χ3v) is 5.06. The van der Waals surface area contributed by atoms with Crippen LogP contribution in [0, 0.1) is 11.8 Å². The number of nitrogens with zero attached hydrogens (tertiary/aromatic N) is 1. The van der Waals surface area contributed by atoms with E-state index in [9.17, 15) is 9.59 Å². The SMILES string of the molecule is CCN(C(=O)C1CCC(C(=O)O)CC1)C1CCCCC1. The topological polar surface area (TPSA) is 57.6 Å². The van der Waals surface area contributed by atoms with Gasteiger partial charge in [-0.2, -0.15) is 0 Å². The number of amides is 1. The van der Waals surface area contributed by atoms with Crippen molar-refractivity contribution < 1.29 is 14.7 Å². The Kier molecular flexibility index (Phi) is 5.44. The molecular formula is C16H27NO3. The molecule has 4 heteroatoms. The minimum absolute atomic E-state index is 0.0625. The van der Waals surface area contributed by atoms with Crippen LogP contribution in [0.3, 0.4) is 0 Å². The molecule has 1 N–H and O–H groups in total. The quantitative estimate of drug-likeness (QED) is 0.861. The molecule has 0 aromatic rings. The summed E-state index contributed by atoms with van der Waals surface area (Å²) in [4.78, 5) is 25.7. The molecule has 2 aliphatic carbocycles. The van der Waals surface area contributed by atoms with Gasteiger partial charge in [-0.1, -0.05) is 19.3 Å². The molecule has 20 heavy (non-hydrogen) atoms. The first-order valence-corrected chi connectivity index (χ1v) is 8.16. The summed E-state index contributed by atoms with van der Waals surface area (Å²) in [5.74, 6) is -0.588. The van der Waals surface area contributed by atoms with Crippen LogP contribution in [0.15, 0.2) is 0 Å². The van der Waals surface area contributed by atoms with Crippen molar-refractivity contribution in [2.75, 3.05) is 6.54 Å². The zero-order chi connectivity index (χ0) is 14.5. The summed E-state index contributed by atoms with van der Waals surface area (Å²) in [6.07, 6.45) is 8.88. The van der Waals surface area contributed by atoms with Crippen LogP contribution in [-0.4, -0.2) is 34.5 Å². The molecule has 2 saturated carbocycles. The number of carboxylic acid groups (broad SMARTS) is 1. The fourth-order valence-electron chi connectivity index (χ4n) is 3.81. The van der Waals surface area contributed by atoms with E-state index in [-0.39, 0.29) is 17.7 Å². The van der Waals surface area contributed by atoms with Gasteiger partial charge in [0.05, 0.1) is 5.92 Å². The molecule has 4 nitrogen and oxygen atoms in total. The predicted molar refractivity (Wildman–Crippen MR) is 77.3 cm³/mol. The van der Waals surface area contributed by atoms with E-state index in [0.29, 0.717) is 18.9 Å². The molecule has 0 aromatic carbocycles. The Morgan fingerprint density at radius 1 is 0.950 bits per heavy atom. The third kappa shape index (κ3) is 3.53. The number of carbonyl (C=O) groups is 2. The Morgan fingerprint density at radius 2 is 1.50 bits per heavy atom. The van der Waals surface area contributed by atoms with Gasteiger partial charge in [-0.25, -0.2) is 0 Å². The van der Waals surface area contributed by atoms with Crippen LogP contribution in [0.4, 0.5) is 0 Å². The molecule has 114 valence electrons. The van der Waals surface area contributed by atoms with Crippen LogP contribution < -0.4 is 0 Å². The van der Waals surface area contributed by atoms with Crippen LogP contribution in [0.5, 0.6) is 0 Å². The van der Waals surface area contributed by atoms with Gasteiger partial charge in [0, 0.05) is 18.5 Å². The lowest BCUT2D eigenvalue weighted by atomic mass is 9.81. The Balaban J connectivity index is 1.90. The molecule has 0 heterocycles. The largest absolute Gasteiger partial charge is 0.481 e. The number of aliphatic carboxylic acids is 1. The number of carboxylic acids is 1. The highest BCUT2D eigenvalue weighted by Crippen LogP contribution is 2.32. The molecule has 2 rings (SSSR count). The van der Waals surface area contributed by atoms with Crippen LogP contribution in [0.25, 0.3) is 0 Å². The number of hydrogen-bond acceptors (Lipinski definition) is 2. The summed E-state index contributed by atoms with van der Waals surface area (Å²) in [6, 6.07) is 0.429. The van der Waals surface area contributed by atoms with Crippen molar-refractivity contribution >= 4 is 11.9 Å². The van der Waals surface area contributed by atoms with Crippen LogP contribution >= 0.6 is 0 Å². The summed E-state index contributed by atoms with van der Waals surface area (Å²) < 4.78 is 0. The summed E-state index contributed by atoms with van der Waals surface area (Å²) in [5, 5.41) is 9.03. The van der Waals surface area contributed by atoms with Crippen molar-refractivity contribution in [1.29, 1.82) is 0 Å². The van der Waals surface area contributed by atoms with E-state index in [4.69, 9.17) is 5.11 Å². The average Bonchev–Trinajstić information content (AvgIpc) is 2.49. The summed E-state index contributed by atoms with van der Waals surface area (Å²) >= 11 is 0. The fourth-order valence-corrected chi connectivity index (χ4v) is 3.81. The first-order valence-electron chi connectivity index (χ1n) is 8.16. The summed E-state index contributed by atoms with van der Waals surface area (Å²) in [7, 11) is 0. The van der Waals surface area contributed by atoms with E-state index in [1.165, 1.54) is 19.3 Å². The fraction of sp³-hybridized carbons (Fsp3) is 0.875. The van der Waals surface area contributed by atoms with Crippen molar-refractivity contribution in [3.63, 3.8) is 0 Å². The number of rotatable bonds is 4. The lowest BCUT2D eigenvalue weighted by Gasteiger charge is -2.37. The monoisotopic (exact) mass is 281 g/mol. The van der Waals surface area contributed by atoms with E-state index in [1.807, 2.05) is 0 Å². The maximum absolute atomic E-state index is 12.7. The zero-order valence-corrected chi connectivity index (χ0v) is 12.5. The Hall–Kier alpha value is -1.06. The maximum Gasteiger partial charge on any atom is 0.306 e. The van der Waals surface area contributed by atoms with Gasteiger partial charge in [-0.05, 0) is 45.4 Å². The lowest BCUT2D eigenvalue weighted by Crippen LogP contribution is -2.45. The second kappa shape index (κ2) is 7.09. The minimum atomic E-state index is -0.699. The van der Waals surface area contributed by atoms with Gasteiger partial charge in [-0.15, -0.1) is 0 Å². The van der Waals surface area contributed by atoms with Crippen LogP contribution in [0.2, 0.25) is 0 Å². The van der Waals surface area contributed by atoms with Crippen molar-refractivity contribution in [3.8, 4) is 0 Å². The first-order chi connectivity index (χ1) is 9.63. The van der Waals surface area contributed by atoms with E-state index < -0.39 is 5.97 Å². The third-order valence-electron chi connectivity index (χ3n) is 5.06. The molecule has 0 bridgehead atoms. The Bertz CT molecular complexity index is 342. The van der Waals surface area contributed by atoms with E-state index in [0.717, 1.165) is 32.2 Å². The average molecular weight is 281 g/mol. The van der Waals surface area contributed by atoms with Gasteiger partial charge in [-0.3, -0.25) is 9.59 Å². The van der Waals surface area contributed by atoms with Crippen molar-refractivity contribution in [2.45, 2.75) is 70.8 Å². The molecule has 0 saturated heterocycles. The zero-order valence-electron chi connectivity index (χ0n) is 12.5. The van der Waals surface area contributed by atoms with Gasteiger partial charge in [0.1, 0.15) is 0 Å². The van der Waals surface area contributed by atoms with Gasteiger partial charge in [0.15, 0.2) is 0 Å². The lowest BCUT2D eigenvalue weighted by molar-refractivity contribution is -0.146. The summed E-state index contributed by atoms with van der Waals surface area (Å²) in [5.41, 5.74) is 0. The molecule has 2 fully saturated rings. The molecular weight excluding hydrogens is 254 g/mol. The van der Waals surface area contributed by atoms with Gasteiger partial charge < -0.3 is 10.0 Å². The highest BCUT2D eigenvalue weighted by molar-refractivity contribution is 5.79. The second-order valence-electron chi connectivity index (χ2n) is 6.30. The predicted octanol–water partition coefficient (Wildman–Crippen LogP) is 3.06. The standard InChI is InChI=1S/C16H27NO3/c1-2-17(14-6-4-3-5-7-14)15(18)12-8-10-13(11-9-12)16(19)20/h12-14H,2-11H2,1H3,(H,19,20). The van der Waals surface area contributed by atoms with Crippen molar-refractivity contribution in [2.24, 2.45) is 11.8 Å². The molecule has 0 aromatic heterocycles. The van der Waals surface area contributed by atoms with Gasteiger partial charge in [0.25, 0.3) is 0 Å². The molecule has 0 aliphatic heterocycles. The van der Waals surface area contributed by atoms with Crippen LogP contribution in [0.1, 0.15) is 64.7 Å². The maximum atomic E-state index is 12.7. The Labute approximate surface area is 121 Å². The molecule has 0 spiro atoms.